The topological polar surface area (TPSA) is 51.1 Å². The van der Waals surface area contributed by atoms with E-state index in [1.54, 1.807) is 0 Å². The lowest BCUT2D eigenvalue weighted by Gasteiger charge is -2.31. The maximum Gasteiger partial charge on any atom is 0.190 e. The van der Waals surface area contributed by atoms with Gasteiger partial charge in [-0.05, 0) is 34.5 Å². The van der Waals surface area contributed by atoms with Crippen LogP contribution in [-0.2, 0) is 4.74 Å². The van der Waals surface area contributed by atoms with Crippen molar-refractivity contribution in [3.8, 4) is 0 Å². The maximum absolute atomic E-state index is 14.7. The van der Waals surface area contributed by atoms with E-state index >= 15 is 0 Å². The molecule has 2 aromatic heterocycles. The Morgan fingerprint density at radius 2 is 2.27 bits per heavy atom. The average Bonchev–Trinajstić information content (AvgIpc) is 2.85. The Labute approximate surface area is 169 Å². The van der Waals surface area contributed by atoms with Crippen LogP contribution < -0.4 is 4.90 Å². The highest BCUT2D eigenvalue weighted by molar-refractivity contribution is 9.10. The Morgan fingerprint density at radius 3 is 3.00 bits per heavy atom. The van der Waals surface area contributed by atoms with Gasteiger partial charge in [0.1, 0.15) is 15.9 Å². The molecule has 1 aliphatic heterocycles. The van der Waals surface area contributed by atoms with Crippen LogP contribution in [0.2, 0.25) is 5.15 Å². The molecular weight excluding hydrogens is 443 g/mol. The summed E-state index contributed by atoms with van der Waals surface area (Å²) < 4.78 is 20.8. The molecular formula is C17H19BrClFN4OS. The molecule has 3 rings (SSSR count). The third kappa shape index (κ3) is 3.98. The second-order valence-electron chi connectivity index (χ2n) is 5.79. The number of aromatic nitrogens is 3. The molecule has 0 N–H and O–H groups in total. The third-order valence-electron chi connectivity index (χ3n) is 4.08. The van der Waals surface area contributed by atoms with Gasteiger partial charge in [0, 0.05) is 13.2 Å². The normalized spacial score (nSPS) is 18.2. The summed E-state index contributed by atoms with van der Waals surface area (Å²) >= 11 is 10.8. The Bertz CT molecular complexity index is 825. The van der Waals surface area contributed by atoms with Crippen LogP contribution in [0.5, 0.6) is 0 Å². The van der Waals surface area contributed by atoms with E-state index in [4.69, 9.17) is 21.3 Å². The number of nitrogens with zero attached hydrogens (tertiary/aromatic N) is 4. The summed E-state index contributed by atoms with van der Waals surface area (Å²) in [7, 11) is 0. The van der Waals surface area contributed by atoms with E-state index in [0.29, 0.717) is 34.2 Å². The second-order valence-corrected chi connectivity index (χ2v) is 8.13. The van der Waals surface area contributed by atoms with Crippen LogP contribution in [0.3, 0.4) is 0 Å². The summed E-state index contributed by atoms with van der Waals surface area (Å²) in [6.07, 6.45) is 3.46. The number of hydrogen-bond acceptors (Lipinski definition) is 6. The predicted octanol–water partition coefficient (Wildman–Crippen LogP) is 4.86. The average molecular weight is 462 g/mol. The minimum Gasteiger partial charge on any atom is -0.379 e. The number of anilines is 1. The molecule has 9 heteroatoms. The van der Waals surface area contributed by atoms with Crippen molar-refractivity contribution in [3.63, 3.8) is 0 Å². The van der Waals surface area contributed by atoms with E-state index in [1.807, 2.05) is 13.0 Å². The fourth-order valence-corrected chi connectivity index (χ4v) is 4.35. The molecule has 1 saturated heterocycles. The molecule has 0 saturated carbocycles. The first-order valence-corrected chi connectivity index (χ1v) is 10.5. The fourth-order valence-electron chi connectivity index (χ4n) is 2.96. The summed E-state index contributed by atoms with van der Waals surface area (Å²) in [6.45, 7) is 7.85. The summed E-state index contributed by atoms with van der Waals surface area (Å²) in [5, 5.41) is 0.845. The van der Waals surface area contributed by atoms with Gasteiger partial charge < -0.3 is 9.64 Å². The molecule has 0 amide bonds. The molecule has 26 heavy (non-hydrogen) atoms. The lowest BCUT2D eigenvalue weighted by atomic mass is 10.1. The van der Waals surface area contributed by atoms with E-state index in [-0.39, 0.29) is 16.7 Å². The summed E-state index contributed by atoms with van der Waals surface area (Å²) in [5.74, 6) is 0.808. The number of halogens is 3. The van der Waals surface area contributed by atoms with Crippen LogP contribution in [0.1, 0.15) is 19.8 Å². The van der Waals surface area contributed by atoms with Gasteiger partial charge >= 0.3 is 0 Å². The summed E-state index contributed by atoms with van der Waals surface area (Å²) in [6, 6.07) is 0.0678. The van der Waals surface area contributed by atoms with Crippen molar-refractivity contribution < 1.29 is 9.13 Å². The molecule has 0 aliphatic carbocycles. The van der Waals surface area contributed by atoms with Crippen LogP contribution in [0.15, 0.2) is 22.4 Å². The van der Waals surface area contributed by atoms with Crippen LogP contribution in [-0.4, -0.2) is 46.5 Å². The van der Waals surface area contributed by atoms with Gasteiger partial charge in [-0.25, -0.2) is 19.3 Å². The number of pyridine rings is 1. The number of fused-ring (bicyclic) bond motifs is 1. The molecule has 140 valence electrons. The van der Waals surface area contributed by atoms with Crippen LogP contribution in [0.25, 0.3) is 10.9 Å². The fraction of sp³-hybridized carbons (Fsp3) is 0.471. The Hall–Kier alpha value is -0.960. The zero-order chi connectivity index (χ0) is 18.7. The van der Waals surface area contributed by atoms with Crippen molar-refractivity contribution in [1.29, 1.82) is 0 Å². The first kappa shape index (κ1) is 19.8. The molecule has 0 aromatic carbocycles. The van der Waals surface area contributed by atoms with Crippen molar-refractivity contribution in [2.75, 3.05) is 30.4 Å². The zero-order valence-electron chi connectivity index (χ0n) is 14.3. The van der Waals surface area contributed by atoms with Gasteiger partial charge in [0.15, 0.2) is 16.1 Å². The minimum absolute atomic E-state index is 0.0678. The highest BCUT2D eigenvalue weighted by atomic mass is 79.9. The molecule has 0 unspecified atom stereocenters. The number of hydrogen-bond donors (Lipinski definition) is 0. The Morgan fingerprint density at radius 1 is 1.46 bits per heavy atom. The first-order chi connectivity index (χ1) is 12.6. The standard InChI is InChI=1S/C17H19BrClFN4OS/c1-3-6-10-9-25-8-5-7-24(10)16-11-13(21-17(23-16)26-4-2)12(20)15(19)22-14(11)18/h3,10H,1,4-9H2,2H3/t10-/m0/s1. The largest absolute Gasteiger partial charge is 0.379 e. The number of ether oxygens (including phenoxy) is 1. The van der Waals surface area contributed by atoms with Gasteiger partial charge in [-0.3, -0.25) is 0 Å². The van der Waals surface area contributed by atoms with Gasteiger partial charge in [0.25, 0.3) is 0 Å². The molecule has 2 aromatic rings. The van der Waals surface area contributed by atoms with E-state index in [2.05, 4.69) is 37.4 Å². The molecule has 1 atom stereocenters. The summed E-state index contributed by atoms with van der Waals surface area (Å²) in [4.78, 5) is 15.3. The zero-order valence-corrected chi connectivity index (χ0v) is 17.5. The molecule has 0 spiro atoms. The van der Waals surface area contributed by atoms with Crippen molar-refractivity contribution in [1.82, 2.24) is 15.0 Å². The maximum atomic E-state index is 14.7. The smallest absolute Gasteiger partial charge is 0.190 e. The van der Waals surface area contributed by atoms with Crippen molar-refractivity contribution in [3.05, 3.63) is 28.2 Å². The Balaban J connectivity index is 2.24. The Kier molecular flexibility index (Phi) is 6.71. The monoisotopic (exact) mass is 460 g/mol. The molecule has 5 nitrogen and oxygen atoms in total. The predicted molar refractivity (Wildman–Crippen MR) is 108 cm³/mol. The van der Waals surface area contributed by atoms with E-state index < -0.39 is 5.82 Å². The SMILES string of the molecule is C=CC[C@H]1COCCCN1c1nc(SCC)nc2c(F)c(Cl)nc(Br)c12. The van der Waals surface area contributed by atoms with Crippen LogP contribution in [0, 0.1) is 5.82 Å². The summed E-state index contributed by atoms with van der Waals surface area (Å²) in [5.41, 5.74) is 0.181. The van der Waals surface area contributed by atoms with E-state index in [9.17, 15) is 4.39 Å². The van der Waals surface area contributed by atoms with Crippen LogP contribution in [0.4, 0.5) is 10.2 Å². The molecule has 1 fully saturated rings. The molecule has 3 heterocycles. The lowest BCUT2D eigenvalue weighted by molar-refractivity contribution is 0.134. The van der Waals surface area contributed by atoms with Crippen LogP contribution >= 0.6 is 39.3 Å². The lowest BCUT2D eigenvalue weighted by Crippen LogP contribution is -2.38. The number of thioether (sulfide) groups is 1. The van der Waals surface area contributed by atoms with Gasteiger partial charge in [-0.15, -0.1) is 6.58 Å². The van der Waals surface area contributed by atoms with Crippen molar-refractivity contribution in [2.24, 2.45) is 0 Å². The van der Waals surface area contributed by atoms with Crippen molar-refractivity contribution >= 4 is 56.0 Å². The highest BCUT2D eigenvalue weighted by Gasteiger charge is 2.27. The molecule has 1 aliphatic rings. The van der Waals surface area contributed by atoms with Gasteiger partial charge in [-0.1, -0.05) is 36.4 Å². The highest BCUT2D eigenvalue weighted by Crippen LogP contribution is 2.36. The molecule has 0 bridgehead atoms. The van der Waals surface area contributed by atoms with E-state index in [1.165, 1.54) is 11.8 Å². The first-order valence-electron chi connectivity index (χ1n) is 8.37. The van der Waals surface area contributed by atoms with Crippen molar-refractivity contribution in [2.45, 2.75) is 31.0 Å². The van der Waals surface area contributed by atoms with Gasteiger partial charge in [0.05, 0.1) is 18.0 Å². The molecule has 0 radical (unpaired) electrons. The number of rotatable bonds is 5. The van der Waals surface area contributed by atoms with E-state index in [0.717, 1.165) is 25.1 Å². The van der Waals surface area contributed by atoms with Gasteiger partial charge in [0.2, 0.25) is 0 Å². The van der Waals surface area contributed by atoms with Gasteiger partial charge in [-0.2, -0.15) is 0 Å². The minimum atomic E-state index is -0.627. The third-order valence-corrected chi connectivity index (χ3v) is 5.64. The second kappa shape index (κ2) is 8.82. The quantitative estimate of drug-likeness (QED) is 0.274.